The van der Waals surface area contributed by atoms with Crippen molar-refractivity contribution in [2.24, 2.45) is 5.92 Å². The summed E-state index contributed by atoms with van der Waals surface area (Å²) < 4.78 is 44.9. The fraction of sp³-hybridized carbons (Fsp3) is 0.286. The van der Waals surface area contributed by atoms with Gasteiger partial charge in [-0.15, -0.1) is 0 Å². The van der Waals surface area contributed by atoms with Crippen molar-refractivity contribution in [3.05, 3.63) is 107 Å². The number of amides is 1. The molecule has 3 aromatic rings. The van der Waals surface area contributed by atoms with Gasteiger partial charge in [-0.3, -0.25) is 9.78 Å². The molecule has 0 bridgehead atoms. The Morgan fingerprint density at radius 1 is 1.00 bits per heavy atom. The van der Waals surface area contributed by atoms with Crippen LogP contribution in [-0.4, -0.2) is 22.4 Å². The molecule has 4 nitrogen and oxygen atoms in total. The minimum atomic E-state index is -4.45. The molecule has 1 amide bonds. The third-order valence-corrected chi connectivity index (χ3v) is 5.96. The van der Waals surface area contributed by atoms with E-state index in [1.54, 1.807) is 17.2 Å². The predicted molar refractivity (Wildman–Crippen MR) is 128 cm³/mol. The van der Waals surface area contributed by atoms with E-state index < -0.39 is 11.7 Å². The highest BCUT2D eigenvalue weighted by Crippen LogP contribution is 2.29. The Morgan fingerprint density at radius 3 is 2.51 bits per heavy atom. The van der Waals surface area contributed by atoms with Crippen LogP contribution < -0.4 is 4.74 Å². The minimum absolute atomic E-state index is 0.187. The number of aromatic nitrogens is 1. The average molecular weight is 481 g/mol. The van der Waals surface area contributed by atoms with Crippen molar-refractivity contribution in [2.75, 3.05) is 6.61 Å². The Bertz CT molecular complexity index is 1140. The highest BCUT2D eigenvalue weighted by atomic mass is 19.4. The summed E-state index contributed by atoms with van der Waals surface area (Å²) in [5, 5.41) is 0. The fourth-order valence-corrected chi connectivity index (χ4v) is 4.05. The van der Waals surface area contributed by atoms with Gasteiger partial charge in [0, 0.05) is 18.3 Å². The first-order valence-electron chi connectivity index (χ1n) is 11.6. The van der Waals surface area contributed by atoms with E-state index in [1.165, 1.54) is 12.1 Å². The van der Waals surface area contributed by atoms with Crippen LogP contribution in [0.15, 0.2) is 85.1 Å². The van der Waals surface area contributed by atoms with Crippen LogP contribution in [0.5, 0.6) is 5.75 Å². The maximum Gasteiger partial charge on any atom is 0.416 e. The molecule has 1 heterocycles. The first kappa shape index (κ1) is 24.5. The quantitative estimate of drug-likeness (QED) is 0.338. The second-order valence-electron chi connectivity index (χ2n) is 8.67. The van der Waals surface area contributed by atoms with E-state index in [1.807, 2.05) is 36.4 Å². The van der Waals surface area contributed by atoms with Crippen LogP contribution in [0.3, 0.4) is 0 Å². The first-order chi connectivity index (χ1) is 16.9. The molecule has 7 heteroatoms. The van der Waals surface area contributed by atoms with Crippen LogP contribution in [0, 0.1) is 5.92 Å². The number of carbonyl (C=O) groups is 1. The molecule has 0 fully saturated rings. The summed E-state index contributed by atoms with van der Waals surface area (Å²) in [6, 6.07) is 17.3. The number of carbonyl (C=O) groups excluding carboxylic acids is 1. The highest BCUT2D eigenvalue weighted by Gasteiger charge is 2.30. The molecule has 0 saturated carbocycles. The molecule has 0 spiro atoms. The van der Waals surface area contributed by atoms with E-state index in [-0.39, 0.29) is 24.6 Å². The molecule has 1 aliphatic carbocycles. The summed E-state index contributed by atoms with van der Waals surface area (Å²) in [7, 11) is 0. The van der Waals surface area contributed by atoms with Crippen molar-refractivity contribution in [2.45, 2.75) is 38.5 Å². The van der Waals surface area contributed by atoms with Gasteiger partial charge < -0.3 is 9.64 Å². The van der Waals surface area contributed by atoms with Crippen LogP contribution in [-0.2, 0) is 19.3 Å². The summed E-state index contributed by atoms with van der Waals surface area (Å²) in [4.78, 5) is 19.2. The molecule has 182 valence electrons. The standard InChI is InChI=1S/C28H27F3N2O2/c29-28(30,31)24-14-12-23(13-15-24)27(34)33(19-25-10-4-5-16-32-25)18-22-9-6-11-26(17-22)35-20-21-7-2-1-3-8-21/h1-2,4-6,9-17,21H,3,7-8,18-20H2. The largest absolute Gasteiger partial charge is 0.493 e. The third-order valence-electron chi connectivity index (χ3n) is 5.96. The zero-order chi connectivity index (χ0) is 24.7. The van der Waals surface area contributed by atoms with Crippen molar-refractivity contribution < 1.29 is 22.7 Å². The molecular formula is C28H27F3N2O2. The number of halogens is 3. The van der Waals surface area contributed by atoms with Crippen LogP contribution >= 0.6 is 0 Å². The third kappa shape index (κ3) is 6.94. The molecule has 0 N–H and O–H groups in total. The lowest BCUT2D eigenvalue weighted by Gasteiger charge is -2.23. The van der Waals surface area contributed by atoms with E-state index in [9.17, 15) is 18.0 Å². The lowest BCUT2D eigenvalue weighted by atomic mass is 9.95. The molecule has 0 radical (unpaired) electrons. The van der Waals surface area contributed by atoms with Crippen LogP contribution in [0.1, 0.15) is 46.4 Å². The summed E-state index contributed by atoms with van der Waals surface area (Å²) >= 11 is 0. The van der Waals surface area contributed by atoms with E-state index >= 15 is 0 Å². The Balaban J connectivity index is 1.50. The van der Waals surface area contributed by atoms with Crippen molar-refractivity contribution in [3.63, 3.8) is 0 Å². The number of rotatable bonds is 8. The average Bonchev–Trinajstić information content (AvgIpc) is 2.88. The second-order valence-corrected chi connectivity index (χ2v) is 8.67. The fourth-order valence-electron chi connectivity index (χ4n) is 4.05. The van der Waals surface area contributed by atoms with Gasteiger partial charge in [0.1, 0.15) is 5.75 Å². The zero-order valence-corrected chi connectivity index (χ0v) is 19.2. The minimum Gasteiger partial charge on any atom is -0.493 e. The van der Waals surface area contributed by atoms with Crippen molar-refractivity contribution in [3.8, 4) is 5.75 Å². The van der Waals surface area contributed by atoms with E-state index in [0.717, 1.165) is 42.7 Å². The number of hydrogen-bond donors (Lipinski definition) is 0. The smallest absolute Gasteiger partial charge is 0.416 e. The maximum atomic E-state index is 13.3. The summed E-state index contributed by atoms with van der Waals surface area (Å²) in [6.07, 6.45) is 4.77. The van der Waals surface area contributed by atoms with Crippen molar-refractivity contribution >= 4 is 5.91 Å². The molecule has 1 aromatic heterocycles. The molecule has 4 rings (SSSR count). The summed E-state index contributed by atoms with van der Waals surface area (Å²) in [6.45, 7) is 1.12. The first-order valence-corrected chi connectivity index (χ1v) is 11.6. The van der Waals surface area contributed by atoms with Crippen LogP contribution in [0.25, 0.3) is 0 Å². The number of hydrogen-bond acceptors (Lipinski definition) is 3. The van der Waals surface area contributed by atoms with Crippen LogP contribution in [0.2, 0.25) is 0 Å². The highest BCUT2D eigenvalue weighted by molar-refractivity contribution is 5.94. The van der Waals surface area contributed by atoms with Gasteiger partial charge in [0.15, 0.2) is 0 Å². The van der Waals surface area contributed by atoms with Crippen molar-refractivity contribution in [1.82, 2.24) is 9.88 Å². The van der Waals surface area contributed by atoms with E-state index in [0.29, 0.717) is 18.2 Å². The normalized spacial score (nSPS) is 15.6. The second kappa shape index (κ2) is 11.2. The Hall–Kier alpha value is -3.61. The molecule has 1 aliphatic rings. The van der Waals surface area contributed by atoms with Gasteiger partial charge in [-0.25, -0.2) is 0 Å². The number of ether oxygens (including phenoxy) is 1. The van der Waals surface area contributed by atoms with Crippen molar-refractivity contribution in [1.29, 1.82) is 0 Å². The number of benzene rings is 2. The van der Waals surface area contributed by atoms with Gasteiger partial charge >= 0.3 is 6.18 Å². The number of allylic oxidation sites excluding steroid dienone is 2. The monoisotopic (exact) mass is 480 g/mol. The molecule has 1 atom stereocenters. The van der Waals surface area contributed by atoms with Gasteiger partial charge in [-0.1, -0.05) is 30.4 Å². The lowest BCUT2D eigenvalue weighted by molar-refractivity contribution is -0.137. The topological polar surface area (TPSA) is 42.4 Å². The molecule has 0 aliphatic heterocycles. The number of pyridine rings is 1. The van der Waals surface area contributed by atoms with Gasteiger partial charge in [0.25, 0.3) is 5.91 Å². The van der Waals surface area contributed by atoms with E-state index in [2.05, 4.69) is 17.1 Å². The van der Waals surface area contributed by atoms with Gasteiger partial charge in [-0.2, -0.15) is 13.2 Å². The molecule has 1 unspecified atom stereocenters. The Morgan fingerprint density at radius 2 is 1.83 bits per heavy atom. The molecular weight excluding hydrogens is 453 g/mol. The Kier molecular flexibility index (Phi) is 7.85. The zero-order valence-electron chi connectivity index (χ0n) is 19.2. The van der Waals surface area contributed by atoms with E-state index in [4.69, 9.17) is 4.74 Å². The SMILES string of the molecule is O=C(c1ccc(C(F)(F)F)cc1)N(Cc1cccc(OCC2CC=CCC2)c1)Cc1ccccn1. The lowest BCUT2D eigenvalue weighted by Crippen LogP contribution is -2.30. The number of alkyl halides is 3. The van der Waals surface area contributed by atoms with Gasteiger partial charge in [0.2, 0.25) is 0 Å². The Labute approximate surface area is 203 Å². The molecule has 35 heavy (non-hydrogen) atoms. The summed E-state index contributed by atoms with van der Waals surface area (Å²) in [5.74, 6) is 0.854. The predicted octanol–water partition coefficient (Wildman–Crippen LogP) is 6.68. The summed E-state index contributed by atoms with van der Waals surface area (Å²) in [5.41, 5.74) is 0.947. The molecule has 2 aromatic carbocycles. The van der Waals surface area contributed by atoms with Crippen LogP contribution in [0.4, 0.5) is 13.2 Å². The number of nitrogens with zero attached hydrogens (tertiary/aromatic N) is 2. The van der Waals surface area contributed by atoms with Gasteiger partial charge in [-0.05, 0) is 79.3 Å². The maximum absolute atomic E-state index is 13.3. The molecule has 0 saturated heterocycles. The van der Waals surface area contributed by atoms with Gasteiger partial charge in [0.05, 0.1) is 24.4 Å².